The summed E-state index contributed by atoms with van der Waals surface area (Å²) in [6, 6.07) is 14.3. The molecule has 4 heteroatoms. The van der Waals surface area contributed by atoms with Crippen molar-refractivity contribution in [3.8, 4) is 0 Å². The summed E-state index contributed by atoms with van der Waals surface area (Å²) in [5, 5.41) is 0. The van der Waals surface area contributed by atoms with E-state index in [2.05, 4.69) is 36.6 Å². The van der Waals surface area contributed by atoms with Crippen molar-refractivity contribution in [3.63, 3.8) is 0 Å². The van der Waals surface area contributed by atoms with Crippen LogP contribution < -0.4 is 4.90 Å². The molecule has 1 aliphatic heterocycles. The van der Waals surface area contributed by atoms with Crippen LogP contribution in [0.5, 0.6) is 0 Å². The van der Waals surface area contributed by atoms with E-state index in [9.17, 15) is 4.79 Å². The third-order valence-corrected chi connectivity index (χ3v) is 5.02. The topological polar surface area (TPSA) is 38.1 Å². The van der Waals surface area contributed by atoms with Crippen LogP contribution in [0.2, 0.25) is 0 Å². The zero-order valence-electron chi connectivity index (χ0n) is 14.3. The van der Waals surface area contributed by atoms with Crippen molar-refractivity contribution in [3.05, 3.63) is 59.4 Å². The van der Waals surface area contributed by atoms with Crippen LogP contribution in [0.3, 0.4) is 0 Å². The maximum absolute atomic E-state index is 12.7. The van der Waals surface area contributed by atoms with Gasteiger partial charge in [-0.25, -0.2) is 4.98 Å². The Hall–Kier alpha value is -2.62. The van der Waals surface area contributed by atoms with Gasteiger partial charge in [0.25, 0.3) is 0 Å². The van der Waals surface area contributed by atoms with Crippen molar-refractivity contribution in [2.75, 3.05) is 11.4 Å². The minimum atomic E-state index is 0.133. The number of hydrogen-bond acceptors (Lipinski definition) is 2. The predicted molar refractivity (Wildman–Crippen MR) is 96.3 cm³/mol. The van der Waals surface area contributed by atoms with E-state index in [1.807, 2.05) is 36.2 Å². The number of fused-ring (bicyclic) bond motifs is 1. The standard InChI is InChI=1S/C20H21N3O/c1-13-7-6-8-14(2)19(13)23-12-15(11-18(23)24)20-21-16-9-4-5-10-17(16)22(20)3/h4-10,15H,11-12H2,1-3H3. The highest BCUT2D eigenvalue weighted by Crippen LogP contribution is 2.35. The zero-order valence-corrected chi connectivity index (χ0v) is 14.3. The first-order valence-corrected chi connectivity index (χ1v) is 8.34. The van der Waals surface area contributed by atoms with E-state index >= 15 is 0 Å². The van der Waals surface area contributed by atoms with E-state index in [0.717, 1.165) is 33.7 Å². The molecule has 1 atom stereocenters. The van der Waals surface area contributed by atoms with Gasteiger partial charge in [-0.2, -0.15) is 0 Å². The molecule has 1 aromatic heterocycles. The molecule has 0 spiro atoms. The Labute approximate surface area is 141 Å². The predicted octanol–water partition coefficient (Wildman–Crippen LogP) is 3.71. The fraction of sp³-hybridized carbons (Fsp3) is 0.300. The summed E-state index contributed by atoms with van der Waals surface area (Å²) in [6.07, 6.45) is 0.519. The summed E-state index contributed by atoms with van der Waals surface area (Å²) in [5.41, 5.74) is 5.46. The number of aromatic nitrogens is 2. The molecule has 0 aliphatic carbocycles. The molecular formula is C20H21N3O. The third-order valence-electron chi connectivity index (χ3n) is 5.02. The Balaban J connectivity index is 1.72. The summed E-state index contributed by atoms with van der Waals surface area (Å²) < 4.78 is 2.13. The van der Waals surface area contributed by atoms with Crippen LogP contribution in [0.25, 0.3) is 11.0 Å². The first-order chi connectivity index (χ1) is 11.6. The van der Waals surface area contributed by atoms with Crippen LogP contribution in [-0.4, -0.2) is 22.0 Å². The number of nitrogens with zero attached hydrogens (tertiary/aromatic N) is 3. The van der Waals surface area contributed by atoms with Crippen molar-refractivity contribution >= 4 is 22.6 Å². The number of aryl methyl sites for hydroxylation is 3. The van der Waals surface area contributed by atoms with Crippen LogP contribution in [0.1, 0.15) is 29.3 Å². The molecule has 2 heterocycles. The van der Waals surface area contributed by atoms with Gasteiger partial charge in [-0.3, -0.25) is 4.79 Å². The fourth-order valence-corrected chi connectivity index (χ4v) is 3.86. The van der Waals surface area contributed by atoms with Gasteiger partial charge in [-0.15, -0.1) is 0 Å². The second-order valence-corrected chi connectivity index (χ2v) is 6.66. The summed E-state index contributed by atoms with van der Waals surface area (Å²) in [5.74, 6) is 1.32. The molecule has 0 N–H and O–H groups in total. The Kier molecular flexibility index (Phi) is 3.41. The average Bonchev–Trinajstić information content (AvgIpc) is 3.09. The summed E-state index contributed by atoms with van der Waals surface area (Å²) in [4.78, 5) is 19.4. The molecule has 24 heavy (non-hydrogen) atoms. The van der Waals surface area contributed by atoms with Crippen molar-refractivity contribution in [1.29, 1.82) is 0 Å². The molecule has 1 aliphatic rings. The lowest BCUT2D eigenvalue weighted by Gasteiger charge is -2.21. The van der Waals surface area contributed by atoms with Gasteiger partial charge in [0.1, 0.15) is 5.82 Å². The number of carbonyl (C=O) groups excluding carboxylic acids is 1. The van der Waals surface area contributed by atoms with Crippen molar-refractivity contribution in [2.45, 2.75) is 26.2 Å². The van der Waals surface area contributed by atoms with Gasteiger partial charge in [-0.1, -0.05) is 30.3 Å². The zero-order chi connectivity index (χ0) is 16.8. The molecular weight excluding hydrogens is 298 g/mol. The van der Waals surface area contributed by atoms with Gasteiger partial charge in [0.05, 0.1) is 11.0 Å². The molecule has 1 unspecified atom stereocenters. The van der Waals surface area contributed by atoms with Crippen molar-refractivity contribution in [1.82, 2.24) is 9.55 Å². The molecule has 0 radical (unpaired) electrons. The monoisotopic (exact) mass is 319 g/mol. The minimum Gasteiger partial charge on any atom is -0.331 e. The number of para-hydroxylation sites is 3. The molecule has 4 rings (SSSR count). The molecule has 122 valence electrons. The van der Waals surface area contributed by atoms with Crippen LogP contribution >= 0.6 is 0 Å². The fourth-order valence-electron chi connectivity index (χ4n) is 3.86. The molecule has 2 aromatic carbocycles. The summed E-state index contributed by atoms with van der Waals surface area (Å²) >= 11 is 0. The molecule has 1 amide bonds. The second-order valence-electron chi connectivity index (χ2n) is 6.66. The lowest BCUT2D eigenvalue weighted by Crippen LogP contribution is -2.26. The van der Waals surface area contributed by atoms with Crippen LogP contribution in [0, 0.1) is 13.8 Å². The summed E-state index contributed by atoms with van der Waals surface area (Å²) in [7, 11) is 2.04. The number of hydrogen-bond donors (Lipinski definition) is 0. The number of benzene rings is 2. The van der Waals surface area contributed by atoms with Crippen molar-refractivity contribution < 1.29 is 4.79 Å². The lowest BCUT2D eigenvalue weighted by atomic mass is 10.1. The smallest absolute Gasteiger partial charge is 0.227 e. The van der Waals surface area contributed by atoms with Gasteiger partial charge >= 0.3 is 0 Å². The molecule has 0 bridgehead atoms. The Morgan fingerprint density at radius 2 is 1.75 bits per heavy atom. The number of amides is 1. The highest BCUT2D eigenvalue weighted by Gasteiger charge is 2.35. The largest absolute Gasteiger partial charge is 0.331 e. The van der Waals surface area contributed by atoms with E-state index in [-0.39, 0.29) is 11.8 Å². The normalized spacial score (nSPS) is 17.9. The van der Waals surface area contributed by atoms with Crippen LogP contribution in [0.15, 0.2) is 42.5 Å². The molecule has 1 saturated heterocycles. The molecule has 0 saturated carbocycles. The quantitative estimate of drug-likeness (QED) is 0.722. The number of rotatable bonds is 2. The Bertz CT molecular complexity index is 921. The highest BCUT2D eigenvalue weighted by molar-refractivity contribution is 5.98. The third kappa shape index (κ3) is 2.21. The second kappa shape index (κ2) is 5.48. The van der Waals surface area contributed by atoms with Gasteiger partial charge in [0.15, 0.2) is 0 Å². The van der Waals surface area contributed by atoms with E-state index < -0.39 is 0 Å². The van der Waals surface area contributed by atoms with E-state index in [4.69, 9.17) is 4.98 Å². The maximum Gasteiger partial charge on any atom is 0.227 e. The first kappa shape index (κ1) is 14.9. The van der Waals surface area contributed by atoms with Gasteiger partial charge in [0, 0.05) is 31.6 Å². The lowest BCUT2D eigenvalue weighted by molar-refractivity contribution is -0.117. The Morgan fingerprint density at radius 3 is 2.46 bits per heavy atom. The number of imidazole rings is 1. The summed E-state index contributed by atoms with van der Waals surface area (Å²) in [6.45, 7) is 4.83. The van der Waals surface area contributed by atoms with Gasteiger partial charge < -0.3 is 9.47 Å². The van der Waals surface area contributed by atoms with Crippen LogP contribution in [-0.2, 0) is 11.8 Å². The van der Waals surface area contributed by atoms with E-state index in [0.29, 0.717) is 13.0 Å². The molecule has 4 nitrogen and oxygen atoms in total. The maximum atomic E-state index is 12.7. The van der Waals surface area contributed by atoms with Crippen LogP contribution in [0.4, 0.5) is 5.69 Å². The molecule has 3 aromatic rings. The van der Waals surface area contributed by atoms with E-state index in [1.54, 1.807) is 0 Å². The average molecular weight is 319 g/mol. The van der Waals surface area contributed by atoms with Gasteiger partial charge in [-0.05, 0) is 37.1 Å². The molecule has 1 fully saturated rings. The number of carbonyl (C=O) groups is 1. The van der Waals surface area contributed by atoms with Gasteiger partial charge in [0.2, 0.25) is 5.91 Å². The Morgan fingerprint density at radius 1 is 1.04 bits per heavy atom. The minimum absolute atomic E-state index is 0.133. The highest BCUT2D eigenvalue weighted by atomic mass is 16.2. The SMILES string of the molecule is Cc1cccc(C)c1N1CC(c2nc3ccccc3n2C)CC1=O. The number of anilines is 1. The van der Waals surface area contributed by atoms with E-state index in [1.165, 1.54) is 0 Å². The first-order valence-electron chi connectivity index (χ1n) is 8.34. The van der Waals surface area contributed by atoms with Crippen molar-refractivity contribution in [2.24, 2.45) is 7.05 Å².